The number of fused-ring (bicyclic) bond motifs is 6. The summed E-state index contributed by atoms with van der Waals surface area (Å²) in [6.45, 7) is 24.7. The van der Waals surface area contributed by atoms with E-state index in [9.17, 15) is 5.11 Å². The van der Waals surface area contributed by atoms with E-state index < -0.39 is 0 Å². The van der Waals surface area contributed by atoms with E-state index in [-0.39, 0.29) is 84.3 Å². The molecule has 1 N–H and O–H groups in total. The van der Waals surface area contributed by atoms with E-state index in [2.05, 4.69) is 58.3 Å². The fourth-order valence-corrected chi connectivity index (χ4v) is 13.4. The lowest BCUT2D eigenvalue weighted by atomic mass is 9.76. The zero-order valence-electron chi connectivity index (χ0n) is 42.4. The largest absolute Gasteiger partial charge is 0.396 e. The monoisotopic (exact) mass is 921 g/mol. The van der Waals surface area contributed by atoms with Gasteiger partial charge in [0.2, 0.25) is 0 Å². The highest BCUT2D eigenvalue weighted by atomic mass is 16.8. The molecule has 12 atom stereocenters. The van der Waals surface area contributed by atoms with Crippen molar-refractivity contribution in [3.63, 3.8) is 0 Å². The van der Waals surface area contributed by atoms with Gasteiger partial charge in [0.05, 0.1) is 60.0 Å². The molecule has 11 fully saturated rings. The highest BCUT2D eigenvalue weighted by Gasteiger charge is 2.67. The first-order chi connectivity index (χ1) is 31.6. The van der Waals surface area contributed by atoms with E-state index in [1.807, 2.05) is 0 Å². The lowest BCUT2D eigenvalue weighted by Crippen LogP contribution is -2.53. The zero-order chi connectivity index (χ0) is 45.9. The second-order valence-electron chi connectivity index (χ2n) is 21.2. The molecule has 11 rings (SSSR count). The van der Waals surface area contributed by atoms with Crippen LogP contribution in [0.4, 0.5) is 0 Å². The van der Waals surface area contributed by atoms with E-state index >= 15 is 0 Å². The Labute approximate surface area is 395 Å². The van der Waals surface area contributed by atoms with Gasteiger partial charge in [0, 0.05) is 71.2 Å². The van der Waals surface area contributed by atoms with Gasteiger partial charge in [-0.25, -0.2) is 0 Å². The summed E-state index contributed by atoms with van der Waals surface area (Å²) < 4.78 is 56.8. The maximum Gasteiger partial charge on any atom is 0.169 e. The molecule has 0 radical (unpaired) electrons. The standard InChI is InChI=1S/C19H30O4.C18H28O5.2C6H15N.C4H8O/c1-2-6-13-7-8-16-18(21-13)11-14(20-16)17-15(12-18)22-19(23-17)9-4-3-5-10-19;19-9-6-12-4-5-15-17(21-12)10-13(20-15)16-14(11-17)22-18(23-16)7-2-1-3-8-18;2*1-4-7(5-2)6-3;1-2-4-5-3-1/h13-17H,2-12H2,1H3;12-16,19H,1-11H2;2*4-6H2,1-3H3;1-4H2/t13?,14-,15-,16+,17?,18-;12?,13-,14-,15+,16?,17-;;;/m11.../s1. The van der Waals surface area contributed by atoms with Gasteiger partial charge in [0.1, 0.15) is 12.2 Å². The Morgan fingerprint density at radius 1 is 0.446 bits per heavy atom. The first-order valence-electron chi connectivity index (χ1n) is 27.6. The molecular formula is C53H96N2O10. The lowest BCUT2D eigenvalue weighted by molar-refractivity contribution is -0.216. The Bertz CT molecular complexity index is 1250. The van der Waals surface area contributed by atoms with E-state index in [1.54, 1.807) is 0 Å². The molecule has 4 saturated carbocycles. The highest BCUT2D eigenvalue weighted by molar-refractivity contribution is 5.13. The normalized spacial score (nSPS) is 40.0. The summed E-state index contributed by atoms with van der Waals surface area (Å²) >= 11 is 0. The van der Waals surface area contributed by atoms with Crippen LogP contribution in [0.1, 0.15) is 196 Å². The Morgan fingerprint density at radius 3 is 1.18 bits per heavy atom. The summed E-state index contributed by atoms with van der Waals surface area (Å²) in [5.41, 5.74) is -0.291. The number of nitrogens with zero attached hydrogens (tertiary/aromatic N) is 2. The van der Waals surface area contributed by atoms with Gasteiger partial charge in [0.15, 0.2) is 11.6 Å². The van der Waals surface area contributed by atoms with E-state index in [1.165, 1.54) is 103 Å². The van der Waals surface area contributed by atoms with Crippen molar-refractivity contribution in [3.05, 3.63) is 0 Å². The lowest BCUT2D eigenvalue weighted by Gasteiger charge is -2.44. The van der Waals surface area contributed by atoms with Crippen LogP contribution in [0, 0.1) is 0 Å². The third-order valence-corrected chi connectivity index (χ3v) is 17.0. The predicted octanol–water partition coefficient (Wildman–Crippen LogP) is 9.50. The molecule has 0 aromatic rings. The minimum atomic E-state index is -0.341. The molecule has 0 aromatic heterocycles. The summed E-state index contributed by atoms with van der Waals surface area (Å²) in [5.74, 6) is -0.641. The van der Waals surface area contributed by atoms with Crippen molar-refractivity contribution < 1.29 is 47.7 Å². The van der Waals surface area contributed by atoms with E-state index in [0.29, 0.717) is 6.10 Å². The minimum Gasteiger partial charge on any atom is -0.396 e. The summed E-state index contributed by atoms with van der Waals surface area (Å²) in [6, 6.07) is 0. The van der Waals surface area contributed by atoms with Crippen LogP contribution in [0.5, 0.6) is 0 Å². The maximum absolute atomic E-state index is 9.24. The topological polar surface area (TPSA) is 110 Å². The summed E-state index contributed by atoms with van der Waals surface area (Å²) in [5, 5.41) is 9.24. The molecule has 0 aromatic carbocycles. The van der Waals surface area contributed by atoms with E-state index in [4.69, 9.17) is 42.6 Å². The predicted molar refractivity (Wildman–Crippen MR) is 254 cm³/mol. The molecule has 378 valence electrons. The Hall–Kier alpha value is -0.480. The molecule has 4 bridgehead atoms. The Morgan fingerprint density at radius 2 is 0.846 bits per heavy atom. The van der Waals surface area contributed by atoms with Crippen LogP contribution in [0.25, 0.3) is 0 Å². The molecule has 7 saturated heterocycles. The van der Waals surface area contributed by atoms with Crippen molar-refractivity contribution in [2.75, 3.05) is 59.1 Å². The number of hydrogen-bond donors (Lipinski definition) is 1. The summed E-state index contributed by atoms with van der Waals surface area (Å²) in [7, 11) is 0. The molecule has 11 aliphatic rings. The SMILES string of the molecule is C1CCOC1.CCCC1CC[C@@H]2O[C@@H]3C[C@]2(C[C@H]2OC4(CCCCC4)OC32)O1.CCN(CC)CC.CCN(CC)CC.OCCC1CC[C@@H]2O[C@@H]3C[C@]2(C[C@H]2OC4(CCCCC4)OC32)O1. The molecule has 12 nitrogen and oxygen atoms in total. The van der Waals surface area contributed by atoms with Crippen molar-refractivity contribution in [2.24, 2.45) is 0 Å². The molecule has 4 spiro atoms. The van der Waals surface area contributed by atoms with E-state index in [0.717, 1.165) is 96.7 Å². The third kappa shape index (κ3) is 12.5. The van der Waals surface area contributed by atoms with Crippen molar-refractivity contribution in [2.45, 2.75) is 280 Å². The number of hydrogen-bond acceptors (Lipinski definition) is 12. The van der Waals surface area contributed by atoms with Crippen LogP contribution >= 0.6 is 0 Å². The average Bonchev–Trinajstić information content (AvgIpc) is 4.17. The first-order valence-corrected chi connectivity index (χ1v) is 27.6. The van der Waals surface area contributed by atoms with Crippen LogP contribution in [-0.4, -0.2) is 158 Å². The molecule has 65 heavy (non-hydrogen) atoms. The van der Waals surface area contributed by atoms with Gasteiger partial charge in [-0.15, -0.1) is 0 Å². The van der Waals surface area contributed by atoms with Gasteiger partial charge < -0.3 is 57.5 Å². The smallest absolute Gasteiger partial charge is 0.169 e. The van der Waals surface area contributed by atoms with Gasteiger partial charge in [-0.3, -0.25) is 0 Å². The molecule has 4 aliphatic carbocycles. The first kappa shape index (κ1) is 52.3. The van der Waals surface area contributed by atoms with Crippen LogP contribution in [-0.2, 0) is 42.6 Å². The van der Waals surface area contributed by atoms with Crippen molar-refractivity contribution in [1.82, 2.24) is 9.80 Å². The van der Waals surface area contributed by atoms with Crippen molar-refractivity contribution >= 4 is 0 Å². The maximum atomic E-state index is 9.24. The molecular weight excluding hydrogens is 825 g/mol. The molecule has 0 amide bonds. The van der Waals surface area contributed by atoms with Crippen LogP contribution in [0.2, 0.25) is 0 Å². The highest BCUT2D eigenvalue weighted by Crippen LogP contribution is 2.57. The quantitative estimate of drug-likeness (QED) is 0.226. The number of ether oxygens (including phenoxy) is 9. The van der Waals surface area contributed by atoms with Gasteiger partial charge in [-0.1, -0.05) is 67.7 Å². The fraction of sp³-hybridized carbons (Fsp3) is 1.00. The second-order valence-corrected chi connectivity index (χ2v) is 21.2. The average molecular weight is 921 g/mol. The van der Waals surface area contributed by atoms with Crippen molar-refractivity contribution in [1.29, 1.82) is 0 Å². The number of aliphatic hydroxyl groups excluding tert-OH is 1. The summed E-state index contributed by atoms with van der Waals surface area (Å²) in [6.07, 6.45) is 27.3. The molecule has 4 unspecified atom stereocenters. The van der Waals surface area contributed by atoms with Gasteiger partial charge in [-0.05, 0) is 116 Å². The van der Waals surface area contributed by atoms with Crippen LogP contribution in [0.3, 0.4) is 0 Å². The van der Waals surface area contributed by atoms with Gasteiger partial charge in [-0.2, -0.15) is 0 Å². The number of aliphatic hydroxyl groups is 1. The van der Waals surface area contributed by atoms with Gasteiger partial charge in [0.25, 0.3) is 0 Å². The minimum absolute atomic E-state index is 0.0872. The Balaban J connectivity index is 0.000000140. The van der Waals surface area contributed by atoms with Crippen molar-refractivity contribution in [3.8, 4) is 0 Å². The van der Waals surface area contributed by atoms with Crippen LogP contribution in [0.15, 0.2) is 0 Å². The van der Waals surface area contributed by atoms with Gasteiger partial charge >= 0.3 is 0 Å². The molecule has 12 heteroatoms. The molecule has 7 aliphatic heterocycles. The Kier molecular flexibility index (Phi) is 19.8. The third-order valence-electron chi connectivity index (χ3n) is 17.0. The fourth-order valence-electron chi connectivity index (χ4n) is 13.4. The molecule has 7 heterocycles. The zero-order valence-corrected chi connectivity index (χ0v) is 42.4. The van der Waals surface area contributed by atoms with Crippen LogP contribution < -0.4 is 0 Å². The number of rotatable bonds is 10. The summed E-state index contributed by atoms with van der Waals surface area (Å²) in [4.78, 5) is 4.75. The second kappa shape index (κ2) is 24.6.